The number of hydrogen-bond acceptors (Lipinski definition) is 4. The van der Waals surface area contributed by atoms with Crippen LogP contribution >= 0.6 is 11.6 Å². The van der Waals surface area contributed by atoms with Gasteiger partial charge in [0.05, 0.1) is 16.3 Å². The molecule has 0 atom stereocenters. The van der Waals surface area contributed by atoms with Crippen molar-refractivity contribution in [1.82, 2.24) is 9.97 Å². The van der Waals surface area contributed by atoms with Crippen LogP contribution in [0.3, 0.4) is 0 Å². The van der Waals surface area contributed by atoms with Crippen LogP contribution in [0.15, 0.2) is 60.9 Å². The van der Waals surface area contributed by atoms with Crippen molar-refractivity contribution in [2.45, 2.75) is 26.2 Å². The minimum atomic E-state index is -0.254. The Bertz CT molecular complexity index is 949. The van der Waals surface area contributed by atoms with Crippen molar-refractivity contribution in [2.24, 2.45) is 0 Å². The van der Waals surface area contributed by atoms with Crippen molar-refractivity contribution in [1.29, 1.82) is 0 Å². The van der Waals surface area contributed by atoms with Crippen LogP contribution in [0.2, 0.25) is 5.02 Å². The zero-order valence-electron chi connectivity index (χ0n) is 15.5. The van der Waals surface area contributed by atoms with Gasteiger partial charge in [-0.1, -0.05) is 62.7 Å². The van der Waals surface area contributed by atoms with E-state index in [9.17, 15) is 4.79 Å². The predicted octanol–water partition coefficient (Wildman–Crippen LogP) is 5.42. The summed E-state index contributed by atoms with van der Waals surface area (Å²) in [5.41, 5.74) is 2.85. The summed E-state index contributed by atoms with van der Waals surface area (Å²) in [6.45, 7) is 6.32. The van der Waals surface area contributed by atoms with E-state index in [1.54, 1.807) is 6.07 Å². The lowest BCUT2D eigenvalue weighted by Crippen LogP contribution is -2.19. The summed E-state index contributed by atoms with van der Waals surface area (Å²) in [5.74, 6) is 0.116. The highest BCUT2D eigenvalue weighted by Crippen LogP contribution is 2.29. The van der Waals surface area contributed by atoms with Crippen molar-refractivity contribution >= 4 is 34.8 Å². The molecule has 0 saturated heterocycles. The average molecular weight is 381 g/mol. The number of halogens is 1. The van der Waals surface area contributed by atoms with E-state index < -0.39 is 0 Å². The molecule has 0 aliphatic heterocycles. The maximum Gasteiger partial charge on any atom is 0.258 e. The second kappa shape index (κ2) is 7.76. The SMILES string of the molecule is CC(C)(C)c1ccccc1NC(=O)c1cnc(Nc2ccccc2Cl)nc1. The first kappa shape index (κ1) is 18.9. The summed E-state index contributed by atoms with van der Waals surface area (Å²) in [5, 5.41) is 6.55. The lowest BCUT2D eigenvalue weighted by Gasteiger charge is -2.23. The van der Waals surface area contributed by atoms with Gasteiger partial charge in [0.25, 0.3) is 5.91 Å². The molecule has 0 saturated carbocycles. The number of nitrogens with zero attached hydrogens (tertiary/aromatic N) is 2. The monoisotopic (exact) mass is 380 g/mol. The molecule has 5 nitrogen and oxygen atoms in total. The summed E-state index contributed by atoms with van der Waals surface area (Å²) < 4.78 is 0. The largest absolute Gasteiger partial charge is 0.323 e. The van der Waals surface area contributed by atoms with Gasteiger partial charge in [-0.3, -0.25) is 4.79 Å². The van der Waals surface area contributed by atoms with E-state index in [-0.39, 0.29) is 11.3 Å². The molecular formula is C21H21ClN4O. The molecule has 0 unspecified atom stereocenters. The van der Waals surface area contributed by atoms with Crippen LogP contribution in [0.25, 0.3) is 0 Å². The van der Waals surface area contributed by atoms with E-state index in [0.29, 0.717) is 22.2 Å². The molecule has 3 aromatic rings. The Hall–Kier alpha value is -2.92. The highest BCUT2D eigenvalue weighted by Gasteiger charge is 2.19. The number of anilines is 3. The van der Waals surface area contributed by atoms with Crippen molar-refractivity contribution in [3.63, 3.8) is 0 Å². The topological polar surface area (TPSA) is 66.9 Å². The molecule has 2 N–H and O–H groups in total. The van der Waals surface area contributed by atoms with Crippen LogP contribution in [0, 0.1) is 0 Å². The minimum Gasteiger partial charge on any atom is -0.323 e. The third kappa shape index (κ3) is 4.63. The maximum absolute atomic E-state index is 12.6. The standard InChI is InChI=1S/C21H21ClN4O/c1-21(2,3)15-8-4-6-10-17(15)25-19(27)14-12-23-20(24-13-14)26-18-11-7-5-9-16(18)22/h4-13H,1-3H3,(H,25,27)(H,23,24,26). The summed E-state index contributed by atoms with van der Waals surface area (Å²) >= 11 is 6.12. The fourth-order valence-corrected chi connectivity index (χ4v) is 2.82. The van der Waals surface area contributed by atoms with Gasteiger partial charge >= 0.3 is 0 Å². The van der Waals surface area contributed by atoms with Gasteiger partial charge in [0.1, 0.15) is 0 Å². The smallest absolute Gasteiger partial charge is 0.258 e. The number of rotatable bonds is 4. The second-order valence-corrected chi connectivity index (χ2v) is 7.56. The van der Waals surface area contributed by atoms with Gasteiger partial charge in [0.15, 0.2) is 0 Å². The van der Waals surface area contributed by atoms with E-state index in [0.717, 1.165) is 11.3 Å². The number of amides is 1. The van der Waals surface area contributed by atoms with E-state index >= 15 is 0 Å². The van der Waals surface area contributed by atoms with Gasteiger partial charge in [-0.25, -0.2) is 9.97 Å². The lowest BCUT2D eigenvalue weighted by atomic mass is 9.86. The number of para-hydroxylation sites is 2. The molecule has 138 valence electrons. The number of aromatic nitrogens is 2. The van der Waals surface area contributed by atoms with Gasteiger partial charge in [0.2, 0.25) is 5.95 Å². The van der Waals surface area contributed by atoms with Crippen LogP contribution in [0.4, 0.5) is 17.3 Å². The fraction of sp³-hybridized carbons (Fsp3) is 0.190. The Labute approximate surface area is 163 Å². The molecule has 3 rings (SSSR count). The van der Waals surface area contributed by atoms with Crippen LogP contribution in [-0.4, -0.2) is 15.9 Å². The molecule has 1 amide bonds. The third-order valence-electron chi connectivity index (χ3n) is 4.02. The Morgan fingerprint density at radius 1 is 0.926 bits per heavy atom. The highest BCUT2D eigenvalue weighted by molar-refractivity contribution is 6.33. The molecule has 0 aliphatic carbocycles. The first-order chi connectivity index (χ1) is 12.8. The van der Waals surface area contributed by atoms with E-state index in [1.807, 2.05) is 42.5 Å². The van der Waals surface area contributed by atoms with Crippen LogP contribution in [0.5, 0.6) is 0 Å². The third-order valence-corrected chi connectivity index (χ3v) is 4.35. The van der Waals surface area contributed by atoms with Crippen LogP contribution in [-0.2, 0) is 5.41 Å². The number of hydrogen-bond donors (Lipinski definition) is 2. The van der Waals surface area contributed by atoms with Crippen LogP contribution in [0.1, 0.15) is 36.7 Å². The predicted molar refractivity (Wildman–Crippen MR) is 110 cm³/mol. The highest BCUT2D eigenvalue weighted by atomic mass is 35.5. The maximum atomic E-state index is 12.6. The zero-order chi connectivity index (χ0) is 19.4. The van der Waals surface area contributed by atoms with Gasteiger partial charge in [-0.05, 0) is 29.2 Å². The first-order valence-electron chi connectivity index (χ1n) is 8.59. The number of carbonyl (C=O) groups excluding carboxylic acids is 1. The Kier molecular flexibility index (Phi) is 5.42. The van der Waals surface area contributed by atoms with Gasteiger partial charge in [-0.2, -0.15) is 0 Å². The Morgan fingerprint density at radius 2 is 1.52 bits per heavy atom. The molecular weight excluding hydrogens is 360 g/mol. The molecule has 1 heterocycles. The molecule has 27 heavy (non-hydrogen) atoms. The summed E-state index contributed by atoms with van der Waals surface area (Å²) in [7, 11) is 0. The zero-order valence-corrected chi connectivity index (χ0v) is 16.2. The molecule has 0 radical (unpaired) electrons. The van der Waals surface area contributed by atoms with Crippen LogP contribution < -0.4 is 10.6 Å². The van der Waals surface area contributed by atoms with Gasteiger partial charge in [-0.15, -0.1) is 0 Å². The molecule has 1 aromatic heterocycles. The molecule has 6 heteroatoms. The van der Waals surface area contributed by atoms with E-state index in [4.69, 9.17) is 11.6 Å². The summed E-state index contributed by atoms with van der Waals surface area (Å²) in [6.07, 6.45) is 2.97. The summed E-state index contributed by atoms with van der Waals surface area (Å²) in [6, 6.07) is 15.1. The quantitative estimate of drug-likeness (QED) is 0.633. The lowest BCUT2D eigenvalue weighted by molar-refractivity contribution is 0.102. The Morgan fingerprint density at radius 3 is 2.15 bits per heavy atom. The molecule has 0 aliphatic rings. The number of carbonyl (C=O) groups is 1. The van der Waals surface area contributed by atoms with E-state index in [2.05, 4.69) is 41.4 Å². The number of nitrogens with one attached hydrogen (secondary N) is 2. The van der Waals surface area contributed by atoms with Crippen molar-refractivity contribution < 1.29 is 4.79 Å². The normalized spacial score (nSPS) is 11.1. The average Bonchev–Trinajstić information content (AvgIpc) is 2.64. The van der Waals surface area contributed by atoms with Gasteiger partial charge in [0, 0.05) is 18.1 Å². The first-order valence-corrected chi connectivity index (χ1v) is 8.97. The molecule has 0 spiro atoms. The van der Waals surface area contributed by atoms with Crippen molar-refractivity contribution in [3.05, 3.63) is 77.1 Å². The van der Waals surface area contributed by atoms with Gasteiger partial charge < -0.3 is 10.6 Å². The summed E-state index contributed by atoms with van der Waals surface area (Å²) in [4.78, 5) is 21.0. The van der Waals surface area contributed by atoms with Crippen molar-refractivity contribution in [3.8, 4) is 0 Å². The Balaban J connectivity index is 1.75. The second-order valence-electron chi connectivity index (χ2n) is 7.15. The molecule has 2 aromatic carbocycles. The fourth-order valence-electron chi connectivity index (χ4n) is 2.63. The minimum absolute atomic E-state index is 0.0803. The number of benzene rings is 2. The molecule has 0 fully saturated rings. The van der Waals surface area contributed by atoms with E-state index in [1.165, 1.54) is 12.4 Å². The van der Waals surface area contributed by atoms with Crippen molar-refractivity contribution in [2.75, 3.05) is 10.6 Å². The molecule has 0 bridgehead atoms.